The van der Waals surface area contributed by atoms with Crippen LogP contribution >= 0.6 is 0 Å². The second-order valence-corrected chi connectivity index (χ2v) is 4.68. The largest absolute Gasteiger partial charge is 0.316 e. The van der Waals surface area contributed by atoms with E-state index in [9.17, 15) is 0 Å². The van der Waals surface area contributed by atoms with Crippen molar-refractivity contribution in [1.29, 1.82) is 0 Å². The molecule has 0 fully saturated rings. The summed E-state index contributed by atoms with van der Waals surface area (Å²) in [5, 5.41) is 1.29. The number of hydrogen-bond donors (Lipinski definition) is 0. The lowest BCUT2D eigenvalue weighted by Gasteiger charge is -2.14. The minimum atomic E-state index is 1.06. The third-order valence-electron chi connectivity index (χ3n) is 3.54. The van der Waals surface area contributed by atoms with Crippen LogP contribution in [-0.2, 0) is 6.42 Å². The van der Waals surface area contributed by atoms with E-state index in [2.05, 4.69) is 73.1 Å². The van der Waals surface area contributed by atoms with Crippen LogP contribution in [0.15, 0.2) is 54.7 Å². The summed E-state index contributed by atoms with van der Waals surface area (Å²) in [6, 6.07) is 17.3. The molecule has 1 aromatic heterocycles. The molecule has 3 rings (SSSR count). The van der Waals surface area contributed by atoms with Crippen molar-refractivity contribution in [3.05, 3.63) is 65.9 Å². The van der Waals surface area contributed by atoms with E-state index in [-0.39, 0.29) is 0 Å². The fourth-order valence-electron chi connectivity index (χ4n) is 2.63. The number of nitrogens with zero attached hydrogens (tertiary/aromatic N) is 1. The summed E-state index contributed by atoms with van der Waals surface area (Å²) in [6.45, 7) is 4.40. The standard InChI is InChI=1S/C17H17N/c1-3-14-9-6-7-13(2)17(14)18-12-11-15-8-4-5-10-16(15)18/h4-12H,3H2,1-2H3. The third-order valence-corrected chi connectivity index (χ3v) is 3.54. The quantitative estimate of drug-likeness (QED) is 0.616. The van der Waals surface area contributed by atoms with Gasteiger partial charge in [-0.1, -0.05) is 43.3 Å². The van der Waals surface area contributed by atoms with Crippen molar-refractivity contribution in [3.8, 4) is 5.69 Å². The van der Waals surface area contributed by atoms with E-state index >= 15 is 0 Å². The highest BCUT2D eigenvalue weighted by atomic mass is 15.0. The van der Waals surface area contributed by atoms with Gasteiger partial charge < -0.3 is 4.57 Å². The molecule has 0 saturated carbocycles. The van der Waals surface area contributed by atoms with E-state index in [1.165, 1.54) is 27.7 Å². The molecule has 0 radical (unpaired) electrons. The van der Waals surface area contributed by atoms with Gasteiger partial charge in [0.15, 0.2) is 0 Å². The smallest absolute Gasteiger partial charge is 0.0528 e. The summed E-state index contributed by atoms with van der Waals surface area (Å²) < 4.78 is 2.31. The zero-order chi connectivity index (χ0) is 12.5. The van der Waals surface area contributed by atoms with Gasteiger partial charge in [0.05, 0.1) is 11.2 Å². The zero-order valence-electron chi connectivity index (χ0n) is 10.9. The van der Waals surface area contributed by atoms with Crippen LogP contribution in [0.4, 0.5) is 0 Å². The van der Waals surface area contributed by atoms with Gasteiger partial charge in [-0.15, -0.1) is 0 Å². The summed E-state index contributed by atoms with van der Waals surface area (Å²) in [5.41, 5.74) is 5.34. The normalized spacial score (nSPS) is 11.0. The highest BCUT2D eigenvalue weighted by molar-refractivity contribution is 5.82. The summed E-state index contributed by atoms with van der Waals surface area (Å²) in [6.07, 6.45) is 3.23. The van der Waals surface area contributed by atoms with Crippen molar-refractivity contribution in [2.75, 3.05) is 0 Å². The second kappa shape index (κ2) is 4.34. The summed E-state index contributed by atoms with van der Waals surface area (Å²) >= 11 is 0. The SMILES string of the molecule is CCc1cccc(C)c1-n1ccc2ccccc21. The number of para-hydroxylation sites is 2. The van der Waals surface area contributed by atoms with Crippen LogP contribution in [0.2, 0.25) is 0 Å². The Balaban J connectivity index is 2.33. The first-order valence-corrected chi connectivity index (χ1v) is 6.46. The summed E-state index contributed by atoms with van der Waals surface area (Å²) in [5.74, 6) is 0. The minimum absolute atomic E-state index is 1.06. The second-order valence-electron chi connectivity index (χ2n) is 4.68. The molecule has 18 heavy (non-hydrogen) atoms. The van der Waals surface area contributed by atoms with Gasteiger partial charge >= 0.3 is 0 Å². The van der Waals surface area contributed by atoms with Crippen molar-refractivity contribution < 1.29 is 0 Å². The lowest BCUT2D eigenvalue weighted by molar-refractivity contribution is 1.03. The highest BCUT2D eigenvalue weighted by Crippen LogP contribution is 2.25. The molecule has 0 saturated heterocycles. The van der Waals surface area contributed by atoms with Gasteiger partial charge in [-0.2, -0.15) is 0 Å². The third kappa shape index (κ3) is 1.63. The van der Waals surface area contributed by atoms with E-state index < -0.39 is 0 Å². The minimum Gasteiger partial charge on any atom is -0.316 e. The fourth-order valence-corrected chi connectivity index (χ4v) is 2.63. The van der Waals surface area contributed by atoms with Gasteiger partial charge in [0.1, 0.15) is 0 Å². The van der Waals surface area contributed by atoms with Crippen molar-refractivity contribution in [1.82, 2.24) is 4.57 Å². The molecule has 0 aliphatic heterocycles. The average molecular weight is 235 g/mol. The molecule has 0 unspecified atom stereocenters. The molecule has 0 amide bonds. The predicted octanol–water partition coefficient (Wildman–Crippen LogP) is 4.50. The van der Waals surface area contributed by atoms with Gasteiger partial charge in [-0.3, -0.25) is 0 Å². The molecule has 1 nitrogen and oxygen atoms in total. The Labute approximate surface area is 108 Å². The molecule has 0 atom stereocenters. The van der Waals surface area contributed by atoms with Crippen LogP contribution in [-0.4, -0.2) is 4.57 Å². The summed E-state index contributed by atoms with van der Waals surface area (Å²) in [4.78, 5) is 0. The molecule has 0 aliphatic rings. The Kier molecular flexibility index (Phi) is 2.67. The number of aryl methyl sites for hydroxylation is 2. The molecule has 0 bridgehead atoms. The Bertz CT molecular complexity index is 692. The molecule has 0 N–H and O–H groups in total. The van der Waals surface area contributed by atoms with Gasteiger partial charge in [0.2, 0.25) is 0 Å². The van der Waals surface area contributed by atoms with Gasteiger partial charge in [-0.05, 0) is 42.0 Å². The molecular weight excluding hydrogens is 218 g/mol. The molecule has 1 heteroatoms. The number of aromatic nitrogens is 1. The Morgan fingerprint density at radius 1 is 0.944 bits per heavy atom. The van der Waals surface area contributed by atoms with E-state index in [0.717, 1.165) is 6.42 Å². The first-order chi connectivity index (χ1) is 8.81. The highest BCUT2D eigenvalue weighted by Gasteiger charge is 2.08. The maximum absolute atomic E-state index is 2.31. The van der Waals surface area contributed by atoms with E-state index in [4.69, 9.17) is 0 Å². The van der Waals surface area contributed by atoms with Gasteiger partial charge in [0, 0.05) is 6.20 Å². The van der Waals surface area contributed by atoms with Crippen LogP contribution in [0.5, 0.6) is 0 Å². The van der Waals surface area contributed by atoms with Gasteiger partial charge in [-0.25, -0.2) is 0 Å². The van der Waals surface area contributed by atoms with Crippen LogP contribution < -0.4 is 0 Å². The molecule has 2 aromatic carbocycles. The van der Waals surface area contributed by atoms with Gasteiger partial charge in [0.25, 0.3) is 0 Å². The van der Waals surface area contributed by atoms with Crippen molar-refractivity contribution >= 4 is 10.9 Å². The topological polar surface area (TPSA) is 4.93 Å². The van der Waals surface area contributed by atoms with Crippen molar-refractivity contribution in [2.24, 2.45) is 0 Å². The van der Waals surface area contributed by atoms with Crippen LogP contribution in [0, 0.1) is 6.92 Å². The first-order valence-electron chi connectivity index (χ1n) is 6.46. The Hall–Kier alpha value is -2.02. The lowest BCUT2D eigenvalue weighted by atomic mass is 10.1. The summed E-state index contributed by atoms with van der Waals surface area (Å²) in [7, 11) is 0. The number of rotatable bonds is 2. The zero-order valence-corrected chi connectivity index (χ0v) is 10.9. The monoisotopic (exact) mass is 235 g/mol. The van der Waals surface area contributed by atoms with Crippen molar-refractivity contribution in [3.63, 3.8) is 0 Å². The van der Waals surface area contributed by atoms with Crippen molar-refractivity contribution in [2.45, 2.75) is 20.3 Å². The molecular formula is C17H17N. The molecule has 0 aliphatic carbocycles. The molecule has 3 aromatic rings. The van der Waals surface area contributed by atoms with E-state index in [0.29, 0.717) is 0 Å². The van der Waals surface area contributed by atoms with Crippen LogP contribution in [0.1, 0.15) is 18.1 Å². The van der Waals surface area contributed by atoms with Crippen LogP contribution in [0.25, 0.3) is 16.6 Å². The molecule has 1 heterocycles. The van der Waals surface area contributed by atoms with E-state index in [1.807, 2.05) is 0 Å². The number of hydrogen-bond acceptors (Lipinski definition) is 0. The van der Waals surface area contributed by atoms with E-state index in [1.54, 1.807) is 0 Å². The maximum atomic E-state index is 2.31. The fraction of sp³-hybridized carbons (Fsp3) is 0.176. The van der Waals surface area contributed by atoms with Crippen LogP contribution in [0.3, 0.4) is 0 Å². The maximum Gasteiger partial charge on any atom is 0.0528 e. The Morgan fingerprint density at radius 2 is 1.78 bits per heavy atom. The average Bonchev–Trinajstić information content (AvgIpc) is 2.82. The first kappa shape index (κ1) is 11.1. The Morgan fingerprint density at radius 3 is 2.61 bits per heavy atom. The lowest BCUT2D eigenvalue weighted by Crippen LogP contribution is -2.00. The molecule has 0 spiro atoms. The molecule has 90 valence electrons. The number of benzene rings is 2. The number of fused-ring (bicyclic) bond motifs is 1. The predicted molar refractivity (Wildman–Crippen MR) is 77.4 cm³/mol.